The lowest BCUT2D eigenvalue weighted by Gasteiger charge is -2.38. The van der Waals surface area contributed by atoms with Gasteiger partial charge in [0, 0.05) is 30.2 Å². The second-order valence-corrected chi connectivity index (χ2v) is 5.85. The highest BCUT2D eigenvalue weighted by atomic mass is 32.1. The van der Waals surface area contributed by atoms with Crippen LogP contribution in [0.4, 0.5) is 0 Å². The molecular formula is C14H18N4S. The maximum atomic E-state index is 5.99. The van der Waals surface area contributed by atoms with Crippen molar-refractivity contribution in [3.63, 3.8) is 0 Å². The van der Waals surface area contributed by atoms with E-state index in [1.165, 1.54) is 10.4 Å². The van der Waals surface area contributed by atoms with Gasteiger partial charge in [-0.25, -0.2) is 9.97 Å². The van der Waals surface area contributed by atoms with Crippen molar-refractivity contribution in [2.75, 3.05) is 13.1 Å². The quantitative estimate of drug-likeness (QED) is 0.932. The van der Waals surface area contributed by atoms with Gasteiger partial charge in [0.2, 0.25) is 0 Å². The van der Waals surface area contributed by atoms with Gasteiger partial charge in [0.1, 0.15) is 6.33 Å². The zero-order valence-corrected chi connectivity index (χ0v) is 11.8. The van der Waals surface area contributed by atoms with Crippen LogP contribution < -0.4 is 5.73 Å². The first kappa shape index (κ1) is 12.7. The van der Waals surface area contributed by atoms with E-state index in [0.29, 0.717) is 12.6 Å². The van der Waals surface area contributed by atoms with Crippen LogP contribution in [0.3, 0.4) is 0 Å². The summed E-state index contributed by atoms with van der Waals surface area (Å²) in [5.74, 6) is 0. The van der Waals surface area contributed by atoms with Crippen molar-refractivity contribution in [3.05, 3.63) is 46.2 Å². The van der Waals surface area contributed by atoms with Crippen LogP contribution in [-0.2, 0) is 6.42 Å². The first-order chi connectivity index (χ1) is 9.31. The second-order valence-electron chi connectivity index (χ2n) is 4.85. The molecule has 100 valence electrons. The molecule has 2 atom stereocenters. The summed E-state index contributed by atoms with van der Waals surface area (Å²) in [6.07, 6.45) is 4.50. The minimum absolute atomic E-state index is 0.172. The molecule has 0 saturated carbocycles. The smallest absolute Gasteiger partial charge is 0.115 e. The lowest BCUT2D eigenvalue weighted by Crippen LogP contribution is -2.40. The van der Waals surface area contributed by atoms with Gasteiger partial charge in [-0.3, -0.25) is 4.90 Å². The summed E-state index contributed by atoms with van der Waals surface area (Å²) in [6, 6.07) is 4.78. The summed E-state index contributed by atoms with van der Waals surface area (Å²) in [7, 11) is 0. The Kier molecular flexibility index (Phi) is 3.59. The third-order valence-electron chi connectivity index (χ3n) is 3.89. The van der Waals surface area contributed by atoms with Crippen LogP contribution in [0.1, 0.15) is 35.1 Å². The molecule has 2 aromatic heterocycles. The van der Waals surface area contributed by atoms with Crippen LogP contribution in [-0.4, -0.2) is 28.0 Å². The van der Waals surface area contributed by atoms with Gasteiger partial charge in [-0.05, 0) is 36.4 Å². The summed E-state index contributed by atoms with van der Waals surface area (Å²) in [6.45, 7) is 3.88. The molecule has 3 heterocycles. The van der Waals surface area contributed by atoms with E-state index in [2.05, 4.69) is 33.2 Å². The first-order valence-corrected chi connectivity index (χ1v) is 7.47. The van der Waals surface area contributed by atoms with Crippen molar-refractivity contribution in [1.82, 2.24) is 14.9 Å². The zero-order valence-electron chi connectivity index (χ0n) is 11.0. The Morgan fingerprint density at radius 1 is 1.53 bits per heavy atom. The molecule has 1 aliphatic rings. The molecule has 2 aromatic rings. The number of thiophene rings is 1. The Balaban J connectivity index is 1.90. The van der Waals surface area contributed by atoms with Crippen molar-refractivity contribution in [3.8, 4) is 0 Å². The summed E-state index contributed by atoms with van der Waals surface area (Å²) < 4.78 is 0. The van der Waals surface area contributed by atoms with Crippen molar-refractivity contribution in [1.29, 1.82) is 0 Å². The van der Waals surface area contributed by atoms with Crippen LogP contribution in [0.15, 0.2) is 30.0 Å². The van der Waals surface area contributed by atoms with E-state index in [1.807, 2.05) is 17.4 Å². The van der Waals surface area contributed by atoms with E-state index < -0.39 is 0 Å². The third-order valence-corrected chi connectivity index (χ3v) is 4.89. The molecule has 19 heavy (non-hydrogen) atoms. The average molecular weight is 274 g/mol. The third kappa shape index (κ3) is 2.29. The fourth-order valence-electron chi connectivity index (χ4n) is 2.88. The van der Waals surface area contributed by atoms with Crippen LogP contribution in [0.2, 0.25) is 0 Å². The molecule has 0 fully saturated rings. The molecule has 0 amide bonds. The van der Waals surface area contributed by atoms with E-state index >= 15 is 0 Å². The molecule has 2 unspecified atom stereocenters. The normalized spacial score (nSPS) is 21.1. The van der Waals surface area contributed by atoms with Gasteiger partial charge < -0.3 is 5.73 Å². The summed E-state index contributed by atoms with van der Waals surface area (Å²) in [4.78, 5) is 12.3. The molecule has 0 aliphatic carbocycles. The number of nitrogens with zero attached hydrogens (tertiary/aromatic N) is 3. The van der Waals surface area contributed by atoms with Crippen LogP contribution in [0.25, 0.3) is 0 Å². The number of nitrogens with two attached hydrogens (primary N) is 1. The van der Waals surface area contributed by atoms with E-state index in [4.69, 9.17) is 5.73 Å². The number of hydrogen-bond donors (Lipinski definition) is 1. The van der Waals surface area contributed by atoms with E-state index in [1.54, 1.807) is 12.5 Å². The van der Waals surface area contributed by atoms with E-state index in [9.17, 15) is 0 Å². The zero-order chi connectivity index (χ0) is 13.2. The molecule has 1 aliphatic heterocycles. The SMILES string of the molecule is CC1c2ccsc2CCN1C(CN)c1ccncn1. The molecule has 4 nitrogen and oxygen atoms in total. The maximum absolute atomic E-state index is 5.99. The fraction of sp³-hybridized carbons (Fsp3) is 0.429. The molecule has 0 spiro atoms. The minimum Gasteiger partial charge on any atom is -0.329 e. The highest BCUT2D eigenvalue weighted by Gasteiger charge is 2.30. The predicted molar refractivity (Wildman–Crippen MR) is 77.0 cm³/mol. The van der Waals surface area contributed by atoms with Gasteiger partial charge in [-0.1, -0.05) is 0 Å². The Bertz CT molecular complexity index is 539. The topological polar surface area (TPSA) is 55.0 Å². The minimum atomic E-state index is 0.172. The maximum Gasteiger partial charge on any atom is 0.115 e. The molecule has 3 rings (SSSR count). The highest BCUT2D eigenvalue weighted by Crippen LogP contribution is 2.37. The molecule has 0 bridgehead atoms. The first-order valence-electron chi connectivity index (χ1n) is 6.59. The molecule has 2 N–H and O–H groups in total. The molecule has 0 saturated heterocycles. The average Bonchev–Trinajstić information content (AvgIpc) is 2.93. The molecular weight excluding hydrogens is 256 g/mol. The Labute approximate surface area is 117 Å². The fourth-order valence-corrected chi connectivity index (χ4v) is 3.84. The lowest BCUT2D eigenvalue weighted by molar-refractivity contribution is 0.136. The summed E-state index contributed by atoms with van der Waals surface area (Å²) >= 11 is 1.86. The highest BCUT2D eigenvalue weighted by molar-refractivity contribution is 7.10. The largest absolute Gasteiger partial charge is 0.329 e. The van der Waals surface area contributed by atoms with Crippen molar-refractivity contribution >= 4 is 11.3 Å². The number of hydrogen-bond acceptors (Lipinski definition) is 5. The Morgan fingerprint density at radius 2 is 2.42 bits per heavy atom. The van der Waals surface area contributed by atoms with Crippen LogP contribution in [0, 0.1) is 0 Å². The van der Waals surface area contributed by atoms with Crippen molar-refractivity contribution in [2.24, 2.45) is 5.73 Å². The predicted octanol–water partition coefficient (Wildman–Crippen LogP) is 2.16. The van der Waals surface area contributed by atoms with Crippen molar-refractivity contribution in [2.45, 2.75) is 25.4 Å². The van der Waals surface area contributed by atoms with Gasteiger partial charge in [0.15, 0.2) is 0 Å². The monoisotopic (exact) mass is 274 g/mol. The Morgan fingerprint density at radius 3 is 3.16 bits per heavy atom. The number of rotatable bonds is 3. The Hall–Kier alpha value is -1.30. The number of fused-ring (bicyclic) bond motifs is 1. The van der Waals surface area contributed by atoms with Gasteiger partial charge in [0.05, 0.1) is 11.7 Å². The van der Waals surface area contributed by atoms with Crippen molar-refractivity contribution < 1.29 is 0 Å². The van der Waals surface area contributed by atoms with Gasteiger partial charge in [-0.15, -0.1) is 11.3 Å². The number of aromatic nitrogens is 2. The van der Waals surface area contributed by atoms with E-state index in [-0.39, 0.29) is 6.04 Å². The summed E-state index contributed by atoms with van der Waals surface area (Å²) in [5, 5.41) is 2.19. The van der Waals surface area contributed by atoms with Gasteiger partial charge in [-0.2, -0.15) is 0 Å². The van der Waals surface area contributed by atoms with E-state index in [0.717, 1.165) is 18.7 Å². The molecule has 0 aromatic carbocycles. The lowest BCUT2D eigenvalue weighted by atomic mass is 9.98. The van der Waals surface area contributed by atoms with Crippen LogP contribution in [0.5, 0.6) is 0 Å². The van der Waals surface area contributed by atoms with Gasteiger partial charge in [0.25, 0.3) is 0 Å². The molecule has 0 radical (unpaired) electrons. The standard InChI is InChI=1S/C14H18N4S/c1-10-11-4-7-19-14(11)3-6-18(10)13(8-15)12-2-5-16-9-17-12/h2,4-5,7,9-10,13H,3,6,8,15H2,1H3. The second kappa shape index (κ2) is 5.36. The van der Waals surface area contributed by atoms with Crippen LogP contribution >= 0.6 is 11.3 Å². The summed E-state index contributed by atoms with van der Waals surface area (Å²) in [5.41, 5.74) is 8.46. The molecule has 5 heteroatoms. The van der Waals surface area contributed by atoms with Gasteiger partial charge >= 0.3 is 0 Å².